The van der Waals surface area contributed by atoms with Crippen LogP contribution in [0.15, 0.2) is 24.3 Å². The second kappa shape index (κ2) is 6.78. The molecule has 3 rings (SSSR count). The number of nitrogens with zero attached hydrogens (tertiary/aromatic N) is 2. The minimum absolute atomic E-state index is 0.0331. The van der Waals surface area contributed by atoms with Gasteiger partial charge >= 0.3 is 5.97 Å². The van der Waals surface area contributed by atoms with Crippen LogP contribution in [0.5, 0.6) is 0 Å². The van der Waals surface area contributed by atoms with Crippen molar-refractivity contribution in [1.29, 1.82) is 0 Å². The van der Waals surface area contributed by atoms with E-state index in [-0.39, 0.29) is 11.1 Å². The van der Waals surface area contributed by atoms with Crippen LogP contribution in [0, 0.1) is 6.92 Å². The number of methoxy groups -OCH3 is 1. The molecule has 2 heterocycles. The largest absolute Gasteiger partial charge is 0.465 e. The van der Waals surface area contributed by atoms with Gasteiger partial charge in [0, 0.05) is 11.3 Å². The summed E-state index contributed by atoms with van der Waals surface area (Å²) < 4.78 is 4.81. The fourth-order valence-corrected chi connectivity index (χ4v) is 3.76. The Labute approximate surface area is 152 Å². The zero-order valence-electron chi connectivity index (χ0n) is 13.7. The molecule has 25 heavy (non-hydrogen) atoms. The van der Waals surface area contributed by atoms with Crippen molar-refractivity contribution in [2.75, 3.05) is 12.4 Å². The van der Waals surface area contributed by atoms with Gasteiger partial charge in [0.05, 0.1) is 12.5 Å². The van der Waals surface area contributed by atoms with Crippen LogP contribution >= 0.6 is 22.9 Å². The number of esters is 1. The number of ether oxygens (including phenoxy) is 1. The summed E-state index contributed by atoms with van der Waals surface area (Å²) in [5.41, 5.74) is 1.99. The number of hydrogen-bond acceptors (Lipinski definition) is 7. The summed E-state index contributed by atoms with van der Waals surface area (Å²) >= 11 is 7.22. The van der Waals surface area contributed by atoms with Gasteiger partial charge in [-0.15, -0.1) is 11.3 Å². The number of hydrogen-bond donors (Lipinski definition) is 1. The Morgan fingerprint density at radius 3 is 2.72 bits per heavy atom. The third kappa shape index (κ3) is 3.33. The van der Waals surface area contributed by atoms with Crippen LogP contribution in [-0.4, -0.2) is 28.8 Å². The van der Waals surface area contributed by atoms with Crippen LogP contribution in [0.3, 0.4) is 0 Å². The molecule has 1 N–H and O–H groups in total. The van der Waals surface area contributed by atoms with E-state index in [0.717, 1.165) is 0 Å². The average molecular weight is 376 g/mol. The Kier molecular flexibility index (Phi) is 4.69. The van der Waals surface area contributed by atoms with Gasteiger partial charge in [-0.05, 0) is 43.1 Å². The summed E-state index contributed by atoms with van der Waals surface area (Å²) in [6, 6.07) is 7.06. The molecular formula is C17H14ClN3O3S. The molecule has 0 unspecified atom stereocenters. The van der Waals surface area contributed by atoms with Gasteiger partial charge < -0.3 is 10.1 Å². The molecule has 0 radical (unpaired) electrons. The molecule has 2 aromatic heterocycles. The van der Waals surface area contributed by atoms with Crippen molar-refractivity contribution in [2.45, 2.75) is 13.8 Å². The number of ketones is 1. The minimum Gasteiger partial charge on any atom is -0.465 e. The van der Waals surface area contributed by atoms with Crippen molar-refractivity contribution in [1.82, 2.24) is 9.97 Å². The second-order valence-electron chi connectivity index (χ2n) is 5.33. The topological polar surface area (TPSA) is 81.2 Å². The Balaban J connectivity index is 2.12. The Morgan fingerprint density at radius 2 is 2.04 bits per heavy atom. The third-order valence-electron chi connectivity index (χ3n) is 3.67. The summed E-state index contributed by atoms with van der Waals surface area (Å²) in [5.74, 6) is 0.00922. The van der Waals surface area contributed by atoms with E-state index in [1.165, 1.54) is 25.4 Å². The van der Waals surface area contributed by atoms with Crippen molar-refractivity contribution in [3.05, 3.63) is 45.6 Å². The molecule has 0 aliphatic heterocycles. The summed E-state index contributed by atoms with van der Waals surface area (Å²) in [4.78, 5) is 33.0. The molecule has 0 atom stereocenters. The maximum atomic E-state index is 11.9. The van der Waals surface area contributed by atoms with Gasteiger partial charge in [0.15, 0.2) is 5.78 Å². The summed E-state index contributed by atoms with van der Waals surface area (Å²) in [6.07, 6.45) is 0. The van der Waals surface area contributed by atoms with Crippen molar-refractivity contribution in [3.63, 3.8) is 0 Å². The highest BCUT2D eigenvalue weighted by atomic mass is 35.5. The normalized spacial score (nSPS) is 10.7. The zero-order valence-corrected chi connectivity index (χ0v) is 15.3. The molecule has 0 amide bonds. The van der Waals surface area contributed by atoms with Crippen molar-refractivity contribution < 1.29 is 14.3 Å². The number of fused-ring (bicyclic) bond motifs is 1. The highest BCUT2D eigenvalue weighted by molar-refractivity contribution is 7.20. The molecule has 0 aliphatic carbocycles. The van der Waals surface area contributed by atoms with Crippen LogP contribution in [0.4, 0.5) is 11.5 Å². The molecule has 1 aromatic carbocycles. The first kappa shape index (κ1) is 17.3. The molecule has 3 aromatic rings. The van der Waals surface area contributed by atoms with Gasteiger partial charge in [0.2, 0.25) is 5.28 Å². The molecule has 128 valence electrons. The smallest absolute Gasteiger partial charge is 0.348 e. The van der Waals surface area contributed by atoms with Gasteiger partial charge in [-0.1, -0.05) is 12.1 Å². The molecular weight excluding hydrogens is 362 g/mol. The van der Waals surface area contributed by atoms with Gasteiger partial charge in [-0.3, -0.25) is 4.79 Å². The lowest BCUT2D eigenvalue weighted by Gasteiger charge is -2.09. The number of halogens is 1. The molecule has 6 nitrogen and oxygen atoms in total. The number of rotatable bonds is 4. The van der Waals surface area contributed by atoms with Crippen LogP contribution in [0.1, 0.15) is 32.5 Å². The molecule has 0 saturated carbocycles. The number of aryl methyl sites for hydroxylation is 1. The molecule has 0 saturated heterocycles. The number of anilines is 2. The Bertz CT molecular complexity index is 1000. The highest BCUT2D eigenvalue weighted by Gasteiger charge is 2.21. The van der Waals surface area contributed by atoms with E-state index in [0.29, 0.717) is 37.7 Å². The highest BCUT2D eigenvalue weighted by Crippen LogP contribution is 2.36. The zero-order chi connectivity index (χ0) is 18.1. The quantitative estimate of drug-likeness (QED) is 0.414. The molecule has 8 heteroatoms. The molecule has 0 bridgehead atoms. The summed E-state index contributed by atoms with van der Waals surface area (Å²) in [5, 5.41) is 3.92. The number of carbonyl (C=O) groups is 2. The third-order valence-corrected chi connectivity index (χ3v) is 5.00. The van der Waals surface area contributed by atoms with E-state index < -0.39 is 5.97 Å². The van der Waals surface area contributed by atoms with Crippen LogP contribution < -0.4 is 5.32 Å². The Morgan fingerprint density at radius 1 is 1.28 bits per heavy atom. The number of benzene rings is 1. The first-order valence-electron chi connectivity index (χ1n) is 7.33. The molecule has 0 spiro atoms. The number of nitrogens with one attached hydrogen (secondary N) is 1. The lowest BCUT2D eigenvalue weighted by atomic mass is 10.1. The van der Waals surface area contributed by atoms with Crippen LogP contribution in [0.2, 0.25) is 5.28 Å². The van der Waals surface area contributed by atoms with Gasteiger partial charge in [0.25, 0.3) is 0 Å². The first-order chi connectivity index (χ1) is 11.9. The van der Waals surface area contributed by atoms with E-state index in [1.807, 2.05) is 6.07 Å². The van der Waals surface area contributed by atoms with Crippen LogP contribution in [0.25, 0.3) is 10.2 Å². The monoisotopic (exact) mass is 375 g/mol. The minimum atomic E-state index is -0.429. The maximum absolute atomic E-state index is 11.9. The summed E-state index contributed by atoms with van der Waals surface area (Å²) in [6.45, 7) is 3.31. The van der Waals surface area contributed by atoms with Crippen molar-refractivity contribution in [3.8, 4) is 0 Å². The number of carbonyl (C=O) groups excluding carboxylic acids is 2. The predicted molar refractivity (Wildman–Crippen MR) is 98.2 cm³/mol. The number of aromatic nitrogens is 2. The van der Waals surface area contributed by atoms with Gasteiger partial charge in [-0.25, -0.2) is 9.78 Å². The fraction of sp³-hybridized carbons (Fsp3) is 0.176. The molecule has 0 aliphatic rings. The van der Waals surface area contributed by atoms with Gasteiger partial charge in [-0.2, -0.15) is 4.98 Å². The number of thiophene rings is 1. The Hall–Kier alpha value is -2.51. The van der Waals surface area contributed by atoms with Crippen molar-refractivity contribution >= 4 is 56.4 Å². The first-order valence-corrected chi connectivity index (χ1v) is 8.53. The number of Topliss-reactive ketones (excluding diaryl/α,β-unsaturated/α-hetero) is 1. The lowest BCUT2D eigenvalue weighted by molar-refractivity contribution is 0.0605. The van der Waals surface area contributed by atoms with E-state index in [2.05, 4.69) is 15.3 Å². The van der Waals surface area contributed by atoms with Crippen molar-refractivity contribution in [2.24, 2.45) is 0 Å². The average Bonchev–Trinajstić information content (AvgIpc) is 2.91. The predicted octanol–water partition coefficient (Wildman–Crippen LogP) is 4.39. The molecule has 0 fully saturated rings. The lowest BCUT2D eigenvalue weighted by Crippen LogP contribution is -2.01. The van der Waals surface area contributed by atoms with Crippen LogP contribution in [-0.2, 0) is 4.74 Å². The SMILES string of the molecule is COC(=O)c1sc2nc(Cl)nc(Nc3cccc(C(C)=O)c3)c2c1C. The van der Waals surface area contributed by atoms with E-state index in [4.69, 9.17) is 16.3 Å². The second-order valence-corrected chi connectivity index (χ2v) is 6.67. The van der Waals surface area contributed by atoms with E-state index in [1.54, 1.807) is 25.1 Å². The van der Waals surface area contributed by atoms with Gasteiger partial charge in [0.1, 0.15) is 15.5 Å². The standard InChI is InChI=1S/C17H14ClN3O3S/c1-8-12-14(19-11-6-4-5-10(7-11)9(2)22)20-17(18)21-15(12)25-13(8)16(23)24-3/h4-7H,1-3H3,(H,19,20,21). The van der Waals surface area contributed by atoms with E-state index in [9.17, 15) is 9.59 Å². The summed E-state index contributed by atoms with van der Waals surface area (Å²) in [7, 11) is 1.33. The maximum Gasteiger partial charge on any atom is 0.348 e. The fourth-order valence-electron chi connectivity index (χ4n) is 2.44. The van der Waals surface area contributed by atoms with E-state index >= 15 is 0 Å².